The molecule has 1 fully saturated rings. The second kappa shape index (κ2) is 9.83. The van der Waals surface area contributed by atoms with Gasteiger partial charge in [-0.1, -0.05) is 41.9 Å². The van der Waals surface area contributed by atoms with Crippen LogP contribution in [0.25, 0.3) is 0 Å². The van der Waals surface area contributed by atoms with Gasteiger partial charge in [0.2, 0.25) is 15.9 Å². The van der Waals surface area contributed by atoms with Crippen LogP contribution in [0, 0.1) is 5.92 Å². The van der Waals surface area contributed by atoms with Crippen molar-refractivity contribution in [1.29, 1.82) is 0 Å². The maximum absolute atomic E-state index is 12.9. The maximum Gasteiger partial charge on any atom is 0.244 e. The quantitative estimate of drug-likeness (QED) is 0.602. The van der Waals surface area contributed by atoms with Gasteiger partial charge in [-0.25, -0.2) is 8.42 Å². The molecule has 0 aromatic heterocycles. The molecule has 0 aliphatic carbocycles. The van der Waals surface area contributed by atoms with Crippen molar-refractivity contribution in [3.05, 3.63) is 65.2 Å². The van der Waals surface area contributed by atoms with E-state index in [1.807, 2.05) is 0 Å². The summed E-state index contributed by atoms with van der Waals surface area (Å²) in [6.45, 7) is 4.44. The van der Waals surface area contributed by atoms with E-state index in [2.05, 4.69) is 11.9 Å². The van der Waals surface area contributed by atoms with Crippen LogP contribution in [0.15, 0.2) is 60.0 Å². The number of benzene rings is 2. The van der Waals surface area contributed by atoms with Crippen LogP contribution in [0.5, 0.6) is 5.75 Å². The van der Waals surface area contributed by atoms with Crippen LogP contribution in [-0.2, 0) is 14.8 Å². The molecule has 1 aliphatic rings. The van der Waals surface area contributed by atoms with Crippen molar-refractivity contribution in [3.8, 4) is 5.75 Å². The highest BCUT2D eigenvalue weighted by Crippen LogP contribution is 2.30. The Labute approximate surface area is 186 Å². The number of anilines is 1. The van der Waals surface area contributed by atoms with E-state index in [0.29, 0.717) is 35.9 Å². The first-order valence-corrected chi connectivity index (χ1v) is 11.6. The van der Waals surface area contributed by atoms with E-state index in [1.54, 1.807) is 30.3 Å². The number of rotatable bonds is 7. The predicted molar refractivity (Wildman–Crippen MR) is 119 cm³/mol. The van der Waals surface area contributed by atoms with E-state index >= 15 is 0 Å². The molecule has 160 valence electrons. The van der Waals surface area contributed by atoms with Crippen LogP contribution in [0.1, 0.15) is 12.8 Å². The molecule has 2 aromatic carbocycles. The molecule has 0 saturated carbocycles. The first kappa shape index (κ1) is 22.6. The third-order valence-electron chi connectivity index (χ3n) is 4.81. The zero-order chi connectivity index (χ0) is 21.7. The summed E-state index contributed by atoms with van der Waals surface area (Å²) in [5.41, 5.74) is 0.627. The zero-order valence-electron chi connectivity index (χ0n) is 16.2. The number of nitrogens with one attached hydrogen (secondary N) is 1. The number of piperidine rings is 1. The summed E-state index contributed by atoms with van der Waals surface area (Å²) in [5, 5.41) is 3.30. The monoisotopic (exact) mass is 468 g/mol. The Balaban J connectivity index is 1.62. The summed E-state index contributed by atoms with van der Waals surface area (Å²) in [6.07, 6.45) is 2.47. The number of ether oxygens (including phenoxy) is 1. The number of hydrogen-bond acceptors (Lipinski definition) is 4. The van der Waals surface area contributed by atoms with E-state index in [1.165, 1.54) is 22.5 Å². The van der Waals surface area contributed by atoms with E-state index < -0.39 is 10.0 Å². The van der Waals surface area contributed by atoms with Gasteiger partial charge in [0.25, 0.3) is 0 Å². The Bertz CT molecular complexity index is 1040. The summed E-state index contributed by atoms with van der Waals surface area (Å²) in [7, 11) is -3.78. The highest BCUT2D eigenvalue weighted by molar-refractivity contribution is 7.89. The molecule has 1 heterocycles. The van der Waals surface area contributed by atoms with Crippen molar-refractivity contribution in [3.63, 3.8) is 0 Å². The summed E-state index contributed by atoms with van der Waals surface area (Å²) in [5.74, 6) is 0.199. The lowest BCUT2D eigenvalue weighted by molar-refractivity contribution is -0.120. The molecule has 1 amide bonds. The van der Waals surface area contributed by atoms with E-state index in [9.17, 15) is 13.2 Å². The number of nitrogens with zero attached hydrogens (tertiary/aromatic N) is 1. The van der Waals surface area contributed by atoms with Gasteiger partial charge in [0.15, 0.2) is 0 Å². The molecule has 2 aromatic rings. The van der Waals surface area contributed by atoms with Crippen molar-refractivity contribution in [2.24, 2.45) is 5.92 Å². The van der Waals surface area contributed by atoms with E-state index in [-0.39, 0.29) is 34.8 Å². The maximum atomic E-state index is 12.9. The van der Waals surface area contributed by atoms with Gasteiger partial charge in [-0.3, -0.25) is 4.79 Å². The third-order valence-corrected chi connectivity index (χ3v) is 7.42. The first-order chi connectivity index (χ1) is 14.3. The molecule has 3 rings (SSSR count). The molecule has 0 spiro atoms. The molecule has 1 aliphatic heterocycles. The molecule has 9 heteroatoms. The standard InChI is InChI=1S/C21H22Cl2N2O4S/c1-2-12-29-18-5-3-4-17(14-18)24-21(26)15-8-10-25(11-9-15)30(27,28)20-13-16(22)6-7-19(20)23/h2-7,13-15H,1,8-12H2,(H,24,26). The van der Waals surface area contributed by atoms with Gasteiger partial charge in [-0.05, 0) is 43.2 Å². The SMILES string of the molecule is C=CCOc1cccc(NC(=O)C2CCN(S(=O)(=O)c3cc(Cl)ccc3Cl)CC2)c1. The lowest BCUT2D eigenvalue weighted by atomic mass is 9.97. The van der Waals surface area contributed by atoms with Gasteiger partial charge in [-0.2, -0.15) is 4.31 Å². The van der Waals surface area contributed by atoms with Crippen LogP contribution in [-0.4, -0.2) is 38.3 Å². The molecule has 6 nitrogen and oxygen atoms in total. The topological polar surface area (TPSA) is 75.7 Å². The van der Waals surface area contributed by atoms with Crippen LogP contribution < -0.4 is 10.1 Å². The van der Waals surface area contributed by atoms with Gasteiger partial charge in [0, 0.05) is 35.8 Å². The fraction of sp³-hybridized carbons (Fsp3) is 0.286. The van der Waals surface area contributed by atoms with Crippen LogP contribution >= 0.6 is 23.2 Å². The van der Waals surface area contributed by atoms with Gasteiger partial charge >= 0.3 is 0 Å². The predicted octanol–water partition coefficient (Wildman–Crippen LogP) is 4.60. The molecule has 0 radical (unpaired) electrons. The van der Waals surface area contributed by atoms with Gasteiger partial charge < -0.3 is 10.1 Å². The van der Waals surface area contributed by atoms with Gasteiger partial charge in [-0.15, -0.1) is 0 Å². The average molecular weight is 469 g/mol. The molecule has 1 N–H and O–H groups in total. The normalized spacial score (nSPS) is 15.5. The summed E-state index contributed by atoms with van der Waals surface area (Å²) in [6, 6.07) is 11.4. The Morgan fingerprint density at radius 2 is 1.93 bits per heavy atom. The number of sulfonamides is 1. The Kier molecular flexibility index (Phi) is 7.41. The second-order valence-corrected chi connectivity index (χ2v) is 9.62. The van der Waals surface area contributed by atoms with Crippen LogP contribution in [0.4, 0.5) is 5.69 Å². The smallest absolute Gasteiger partial charge is 0.244 e. The van der Waals surface area contributed by atoms with E-state index in [0.717, 1.165) is 0 Å². The highest BCUT2D eigenvalue weighted by Gasteiger charge is 2.33. The zero-order valence-corrected chi connectivity index (χ0v) is 18.5. The average Bonchev–Trinajstić information content (AvgIpc) is 2.74. The Hall–Kier alpha value is -2.06. The van der Waals surface area contributed by atoms with Gasteiger partial charge in [0.05, 0.1) is 5.02 Å². The number of halogens is 2. The fourth-order valence-corrected chi connectivity index (χ4v) is 5.44. The fourth-order valence-electron chi connectivity index (χ4n) is 3.24. The Morgan fingerprint density at radius 1 is 1.20 bits per heavy atom. The molecule has 1 saturated heterocycles. The summed E-state index contributed by atoms with van der Waals surface area (Å²) < 4.78 is 32.6. The highest BCUT2D eigenvalue weighted by atomic mass is 35.5. The van der Waals surface area contributed by atoms with Crippen molar-refractivity contribution >= 4 is 44.8 Å². The largest absolute Gasteiger partial charge is 0.489 e. The summed E-state index contributed by atoms with van der Waals surface area (Å²) in [4.78, 5) is 12.6. The molecule has 0 atom stereocenters. The minimum absolute atomic E-state index is 0.0177. The van der Waals surface area contributed by atoms with Gasteiger partial charge in [0.1, 0.15) is 17.3 Å². The minimum Gasteiger partial charge on any atom is -0.489 e. The number of carbonyl (C=O) groups is 1. The second-order valence-electron chi connectivity index (χ2n) is 6.87. The Morgan fingerprint density at radius 3 is 2.63 bits per heavy atom. The van der Waals surface area contributed by atoms with Crippen molar-refractivity contribution in [2.45, 2.75) is 17.7 Å². The number of amides is 1. The lowest BCUT2D eigenvalue weighted by Gasteiger charge is -2.30. The minimum atomic E-state index is -3.78. The van der Waals surface area contributed by atoms with Crippen molar-refractivity contribution < 1.29 is 17.9 Å². The van der Waals surface area contributed by atoms with E-state index in [4.69, 9.17) is 27.9 Å². The molecule has 30 heavy (non-hydrogen) atoms. The molecular weight excluding hydrogens is 447 g/mol. The summed E-state index contributed by atoms with van der Waals surface area (Å²) >= 11 is 12.0. The molecular formula is C21H22Cl2N2O4S. The van der Waals surface area contributed by atoms with Crippen LogP contribution in [0.2, 0.25) is 10.0 Å². The lowest BCUT2D eigenvalue weighted by Crippen LogP contribution is -2.41. The van der Waals surface area contributed by atoms with Crippen molar-refractivity contribution in [2.75, 3.05) is 25.0 Å². The molecule has 0 unspecified atom stereocenters. The number of carbonyl (C=O) groups excluding carboxylic acids is 1. The van der Waals surface area contributed by atoms with Crippen molar-refractivity contribution in [1.82, 2.24) is 4.31 Å². The first-order valence-electron chi connectivity index (χ1n) is 9.41. The third kappa shape index (κ3) is 5.35. The van der Waals surface area contributed by atoms with Crippen LogP contribution in [0.3, 0.4) is 0 Å². The molecule has 0 bridgehead atoms. The number of hydrogen-bond donors (Lipinski definition) is 1.